The van der Waals surface area contributed by atoms with E-state index in [0.29, 0.717) is 0 Å². The van der Waals surface area contributed by atoms with Crippen LogP contribution in [0.2, 0.25) is 0 Å². The van der Waals surface area contributed by atoms with Crippen LogP contribution in [-0.4, -0.2) is 12.0 Å². The lowest BCUT2D eigenvalue weighted by molar-refractivity contribution is -0.110. The monoisotopic (exact) mass is 234 g/mol. The van der Waals surface area contributed by atoms with Gasteiger partial charge < -0.3 is 0 Å². The van der Waals surface area contributed by atoms with Crippen LogP contribution in [0.1, 0.15) is 5.56 Å². The number of ketones is 1. The molecule has 1 aliphatic heterocycles. The molecule has 1 nitrogen and oxygen atoms in total. The number of hydrogen-bond donors (Lipinski definition) is 0. The Labute approximate surface area is 97.6 Å². The first-order valence-electron chi connectivity index (χ1n) is 4.54. The summed E-state index contributed by atoms with van der Waals surface area (Å²) < 4.78 is 1.07. The van der Waals surface area contributed by atoms with Crippen LogP contribution in [-0.2, 0) is 4.79 Å². The van der Waals surface area contributed by atoms with Crippen molar-refractivity contribution >= 4 is 35.4 Å². The smallest absolute Gasteiger partial charge is 0.194 e. The van der Waals surface area contributed by atoms with Gasteiger partial charge in [-0.2, -0.15) is 0 Å². The highest BCUT2D eigenvalue weighted by molar-refractivity contribution is 8.24. The minimum atomic E-state index is 0.119. The van der Waals surface area contributed by atoms with Crippen molar-refractivity contribution in [3.8, 4) is 0 Å². The summed E-state index contributed by atoms with van der Waals surface area (Å²) in [5.41, 5.74) is 1.07. The van der Waals surface area contributed by atoms with Crippen LogP contribution in [0.3, 0.4) is 0 Å². The highest BCUT2D eigenvalue weighted by Gasteiger charge is 2.18. The molecule has 0 aromatic heterocycles. The van der Waals surface area contributed by atoms with Crippen LogP contribution >= 0.6 is 23.5 Å². The van der Waals surface area contributed by atoms with E-state index >= 15 is 0 Å². The van der Waals surface area contributed by atoms with Gasteiger partial charge in [-0.3, -0.25) is 4.79 Å². The zero-order valence-electron chi connectivity index (χ0n) is 8.27. The van der Waals surface area contributed by atoms with Gasteiger partial charge in [0.2, 0.25) is 0 Å². The zero-order valence-corrected chi connectivity index (χ0v) is 9.90. The fourth-order valence-electron chi connectivity index (χ4n) is 1.27. The number of carbonyl (C=O) groups excluding carboxylic acids is 1. The average molecular weight is 234 g/mol. The number of benzene rings is 1. The summed E-state index contributed by atoms with van der Waals surface area (Å²) in [5, 5.41) is 0. The number of hydrogen-bond acceptors (Lipinski definition) is 3. The second kappa shape index (κ2) is 4.73. The summed E-state index contributed by atoms with van der Waals surface area (Å²) in [6.45, 7) is 0. The Hall–Kier alpha value is -0.930. The normalized spacial score (nSPS) is 18.3. The molecule has 1 aliphatic rings. The van der Waals surface area contributed by atoms with E-state index < -0.39 is 0 Å². The van der Waals surface area contributed by atoms with Crippen molar-refractivity contribution in [2.75, 3.05) is 6.26 Å². The molecule has 2 rings (SSSR count). The van der Waals surface area contributed by atoms with Crippen molar-refractivity contribution in [1.82, 2.24) is 0 Å². The molecule has 3 heteroatoms. The Morgan fingerprint density at radius 3 is 2.60 bits per heavy atom. The van der Waals surface area contributed by atoms with E-state index in [0.717, 1.165) is 14.7 Å². The largest absolute Gasteiger partial charge is 0.289 e. The van der Waals surface area contributed by atoms with Crippen molar-refractivity contribution in [3.63, 3.8) is 0 Å². The lowest BCUT2D eigenvalue weighted by Gasteiger charge is -1.96. The van der Waals surface area contributed by atoms with Crippen molar-refractivity contribution in [1.29, 1.82) is 0 Å². The van der Waals surface area contributed by atoms with Gasteiger partial charge in [0.25, 0.3) is 0 Å². The first-order chi connectivity index (χ1) is 7.29. The lowest BCUT2D eigenvalue weighted by Crippen LogP contribution is -1.87. The second-order valence-corrected chi connectivity index (χ2v) is 5.24. The molecule has 15 heavy (non-hydrogen) atoms. The summed E-state index contributed by atoms with van der Waals surface area (Å²) in [5.74, 6) is 0.119. The Morgan fingerprint density at radius 2 is 2.00 bits per heavy atom. The molecule has 1 aromatic carbocycles. The molecule has 0 amide bonds. The third kappa shape index (κ3) is 2.55. The van der Waals surface area contributed by atoms with Crippen molar-refractivity contribution in [2.45, 2.75) is 0 Å². The number of allylic oxidation sites excluding steroid dienone is 2. The number of rotatable bonds is 2. The lowest BCUT2D eigenvalue weighted by atomic mass is 10.2. The van der Waals surface area contributed by atoms with Crippen molar-refractivity contribution in [3.05, 3.63) is 51.1 Å². The number of thioether (sulfide) groups is 2. The van der Waals surface area contributed by atoms with Gasteiger partial charge in [-0.25, -0.2) is 0 Å². The second-order valence-electron chi connectivity index (χ2n) is 3.05. The standard InChI is InChI=1S/C12H10OS2/c1-14-12-8-10(13)11(15-12)7-9-5-3-2-4-6-9/h2-8H,1H3. The zero-order chi connectivity index (χ0) is 10.7. The highest BCUT2D eigenvalue weighted by Crippen LogP contribution is 2.39. The fourth-order valence-corrected chi connectivity index (χ4v) is 2.83. The third-order valence-corrected chi connectivity index (χ3v) is 4.13. The van der Waals surface area contributed by atoms with Gasteiger partial charge in [0.05, 0.1) is 4.91 Å². The van der Waals surface area contributed by atoms with Gasteiger partial charge in [0.1, 0.15) is 0 Å². The molecule has 0 aliphatic carbocycles. The van der Waals surface area contributed by atoms with Crippen LogP contribution in [0.4, 0.5) is 0 Å². The Bertz CT molecular complexity index is 432. The Kier molecular flexibility index (Phi) is 3.34. The molecular formula is C12H10OS2. The molecule has 0 saturated heterocycles. The van der Waals surface area contributed by atoms with Gasteiger partial charge in [-0.05, 0) is 17.9 Å². The molecule has 0 bridgehead atoms. The summed E-state index contributed by atoms with van der Waals surface area (Å²) >= 11 is 3.16. The minimum absolute atomic E-state index is 0.119. The summed E-state index contributed by atoms with van der Waals surface area (Å²) in [6, 6.07) is 9.91. The summed E-state index contributed by atoms with van der Waals surface area (Å²) in [6.07, 6.45) is 5.62. The molecule has 0 spiro atoms. The van der Waals surface area contributed by atoms with Gasteiger partial charge in [0.15, 0.2) is 5.78 Å². The molecule has 0 N–H and O–H groups in total. The van der Waals surface area contributed by atoms with Crippen LogP contribution < -0.4 is 0 Å². The van der Waals surface area contributed by atoms with Crippen LogP contribution in [0.5, 0.6) is 0 Å². The first kappa shape index (κ1) is 10.6. The van der Waals surface area contributed by atoms with Crippen LogP contribution in [0, 0.1) is 0 Å². The Morgan fingerprint density at radius 1 is 1.27 bits per heavy atom. The fraction of sp³-hybridized carbons (Fsp3) is 0.0833. The van der Waals surface area contributed by atoms with E-state index in [-0.39, 0.29) is 5.78 Å². The van der Waals surface area contributed by atoms with Gasteiger partial charge >= 0.3 is 0 Å². The summed E-state index contributed by atoms with van der Waals surface area (Å²) in [7, 11) is 0. The average Bonchev–Trinajstić information content (AvgIpc) is 2.61. The van der Waals surface area contributed by atoms with E-state index in [1.54, 1.807) is 29.6 Å². The Balaban J connectivity index is 2.21. The quantitative estimate of drug-likeness (QED) is 0.728. The molecule has 0 unspecified atom stereocenters. The molecule has 76 valence electrons. The van der Waals surface area contributed by atoms with Crippen molar-refractivity contribution in [2.24, 2.45) is 0 Å². The third-order valence-electron chi connectivity index (χ3n) is 2.00. The van der Waals surface area contributed by atoms with Gasteiger partial charge in [-0.1, -0.05) is 42.1 Å². The SMILES string of the molecule is CSC1=CC(=O)C(=Cc2ccccc2)S1. The molecule has 0 radical (unpaired) electrons. The molecule has 0 atom stereocenters. The van der Waals surface area contributed by atoms with Gasteiger partial charge in [-0.15, -0.1) is 11.8 Å². The van der Waals surface area contributed by atoms with Crippen molar-refractivity contribution < 1.29 is 4.79 Å². The maximum absolute atomic E-state index is 11.6. The van der Waals surface area contributed by atoms with E-state index in [2.05, 4.69) is 0 Å². The highest BCUT2D eigenvalue weighted by atomic mass is 32.2. The van der Waals surface area contributed by atoms with E-state index in [9.17, 15) is 4.79 Å². The van der Waals surface area contributed by atoms with Gasteiger partial charge in [0, 0.05) is 10.3 Å². The minimum Gasteiger partial charge on any atom is -0.289 e. The van der Waals surface area contributed by atoms with E-state index in [4.69, 9.17) is 0 Å². The molecular weight excluding hydrogens is 224 g/mol. The maximum atomic E-state index is 11.6. The predicted molar refractivity (Wildman–Crippen MR) is 68.6 cm³/mol. The van der Waals surface area contributed by atoms with E-state index in [1.807, 2.05) is 42.7 Å². The molecule has 1 aromatic rings. The number of carbonyl (C=O) groups is 1. The summed E-state index contributed by atoms with van der Waals surface area (Å²) in [4.78, 5) is 12.4. The molecule has 0 fully saturated rings. The molecule has 1 heterocycles. The topological polar surface area (TPSA) is 17.1 Å². The maximum Gasteiger partial charge on any atom is 0.194 e. The first-order valence-corrected chi connectivity index (χ1v) is 6.58. The predicted octanol–water partition coefficient (Wildman–Crippen LogP) is 3.55. The van der Waals surface area contributed by atoms with Crippen LogP contribution in [0.25, 0.3) is 6.08 Å². The molecule has 0 saturated carbocycles. The van der Waals surface area contributed by atoms with Crippen LogP contribution in [0.15, 0.2) is 45.6 Å². The van der Waals surface area contributed by atoms with E-state index in [1.165, 1.54) is 0 Å².